The van der Waals surface area contributed by atoms with Crippen LogP contribution >= 0.6 is 35.3 Å². The Kier molecular flexibility index (Phi) is 13.2. The third-order valence-corrected chi connectivity index (χ3v) is 11.9. The van der Waals surface area contributed by atoms with E-state index in [2.05, 4.69) is 84.0 Å². The van der Waals surface area contributed by atoms with Crippen molar-refractivity contribution in [2.75, 3.05) is 0 Å². The summed E-state index contributed by atoms with van der Waals surface area (Å²) in [5, 5.41) is 16.8. The molecule has 3 heterocycles. The number of carbonyl (C=O) groups excluding carboxylic acids is 1. The number of allylic oxidation sites excluding steroid dienone is 2. The van der Waals surface area contributed by atoms with Gasteiger partial charge in [-0.3, -0.25) is 9.78 Å². The van der Waals surface area contributed by atoms with Crippen molar-refractivity contribution in [3.05, 3.63) is 77.0 Å². The predicted octanol–water partition coefficient (Wildman–Crippen LogP) is 12.3. The van der Waals surface area contributed by atoms with Crippen LogP contribution in [0.4, 0.5) is 0 Å². The van der Waals surface area contributed by atoms with Crippen molar-refractivity contribution in [1.29, 1.82) is 0 Å². The Labute approximate surface area is 307 Å². The Morgan fingerprint density at radius 2 is 1.49 bits per heavy atom. The molecule has 0 aliphatic carbocycles. The maximum Gasteiger partial charge on any atom is 0.164 e. The Morgan fingerprint density at radius 3 is 2.11 bits per heavy atom. The van der Waals surface area contributed by atoms with Gasteiger partial charge in [0.15, 0.2) is 5.78 Å². The van der Waals surface area contributed by atoms with Gasteiger partial charge in [-0.25, -0.2) is 4.98 Å². The van der Waals surface area contributed by atoms with Crippen molar-refractivity contribution in [2.24, 2.45) is 10.8 Å². The molecule has 8 heteroatoms. The minimum atomic E-state index is -0.337. The summed E-state index contributed by atoms with van der Waals surface area (Å²) in [4.78, 5) is 22.1. The first-order valence-electron chi connectivity index (χ1n) is 16.1. The molecule has 2 aromatic carbocycles. The van der Waals surface area contributed by atoms with E-state index in [0.717, 1.165) is 58.5 Å². The van der Waals surface area contributed by atoms with Crippen molar-refractivity contribution in [2.45, 2.75) is 98.3 Å². The second-order valence-corrected chi connectivity index (χ2v) is 15.8. The SMILES string of the molecule is CC(C)(C)c1cc(-c2ncnc(-c3ccc4ccsc4c3)c2S)[c-]c2ccsc12.CCC(C)(CC)C(=O)/C=C(\O)C(C)(CC)CC.[Ir]. The van der Waals surface area contributed by atoms with E-state index < -0.39 is 0 Å². The van der Waals surface area contributed by atoms with Crippen molar-refractivity contribution in [3.63, 3.8) is 0 Å². The Balaban J connectivity index is 0.000000290. The summed E-state index contributed by atoms with van der Waals surface area (Å²) in [5.74, 6) is 0.286. The molecule has 253 valence electrons. The average Bonchev–Trinajstić information content (AvgIpc) is 3.72. The molecule has 3 aromatic heterocycles. The number of aromatic nitrogens is 2. The van der Waals surface area contributed by atoms with Gasteiger partial charge in [0.1, 0.15) is 12.1 Å². The summed E-state index contributed by atoms with van der Waals surface area (Å²) in [6.45, 7) is 18.8. The maximum absolute atomic E-state index is 12.2. The van der Waals surface area contributed by atoms with Crippen molar-refractivity contribution < 1.29 is 30.0 Å². The van der Waals surface area contributed by atoms with E-state index in [-0.39, 0.29) is 47.9 Å². The topological polar surface area (TPSA) is 63.1 Å². The first kappa shape index (κ1) is 39.1. The summed E-state index contributed by atoms with van der Waals surface area (Å²) < 4.78 is 2.54. The van der Waals surface area contributed by atoms with Crippen LogP contribution < -0.4 is 0 Å². The Morgan fingerprint density at radius 1 is 0.872 bits per heavy atom. The molecule has 1 N–H and O–H groups in total. The molecule has 0 aliphatic heterocycles. The van der Waals surface area contributed by atoms with E-state index in [1.807, 2.05) is 41.5 Å². The zero-order valence-electron chi connectivity index (χ0n) is 28.9. The summed E-state index contributed by atoms with van der Waals surface area (Å²) in [6, 6.07) is 16.5. The first-order chi connectivity index (χ1) is 21.7. The molecule has 1 radical (unpaired) electrons. The second-order valence-electron chi connectivity index (χ2n) is 13.5. The Hall–Kier alpha value is -2.35. The summed E-state index contributed by atoms with van der Waals surface area (Å²) in [5.41, 5.74) is 4.43. The van der Waals surface area contributed by atoms with Crippen LogP contribution in [0.1, 0.15) is 93.6 Å². The van der Waals surface area contributed by atoms with Gasteiger partial charge in [-0.2, -0.15) is 11.3 Å². The number of thiophene rings is 2. The molecule has 0 amide bonds. The van der Waals surface area contributed by atoms with Crippen molar-refractivity contribution >= 4 is 61.3 Å². The molecule has 0 fully saturated rings. The molecule has 0 saturated carbocycles. The molecule has 0 spiro atoms. The van der Waals surface area contributed by atoms with Crippen molar-refractivity contribution in [1.82, 2.24) is 9.97 Å². The number of aliphatic hydroxyl groups excluding tert-OH is 1. The fourth-order valence-corrected chi connectivity index (χ4v) is 7.54. The predicted molar refractivity (Wildman–Crippen MR) is 202 cm³/mol. The maximum atomic E-state index is 12.2. The van der Waals surface area contributed by atoms with Crippen LogP contribution in [-0.4, -0.2) is 20.9 Å². The fourth-order valence-electron chi connectivity index (χ4n) is 5.26. The van der Waals surface area contributed by atoms with Gasteiger partial charge in [-0.05, 0) is 64.1 Å². The van der Waals surface area contributed by atoms with E-state index in [9.17, 15) is 9.90 Å². The van der Waals surface area contributed by atoms with Crippen LogP contribution in [0, 0.1) is 16.9 Å². The standard InChI is InChI=1S/C24H19N2S3.C15H28O2.Ir/c1-24(2,3)18-11-17(10-16-7-9-29-23(16)18)21-22(27)20(25-13-26-21)15-5-4-14-6-8-28-19(14)12-15;1-7-14(5,8-2)12(16)11-13(17)15(6,9-3)10-4;/h4-9,11-13,27H,1-3H3;11,16H,7-10H2,1-6H3;/q-1;;/b;12-11-;. The fraction of sp³-hybridized carbons (Fsp3) is 0.410. The van der Waals surface area contributed by atoms with Crippen LogP contribution in [0.5, 0.6) is 0 Å². The normalized spacial score (nSPS) is 12.5. The molecule has 5 aromatic rings. The van der Waals surface area contributed by atoms with Crippen LogP contribution in [0.15, 0.2) is 70.2 Å². The van der Waals surface area contributed by atoms with Crippen LogP contribution in [-0.2, 0) is 30.3 Å². The van der Waals surface area contributed by atoms with E-state index in [1.54, 1.807) is 29.0 Å². The second kappa shape index (κ2) is 15.9. The zero-order valence-corrected chi connectivity index (χ0v) is 33.9. The smallest absolute Gasteiger partial charge is 0.164 e. The number of rotatable bonds is 9. The number of aliphatic hydroxyl groups is 1. The van der Waals surface area contributed by atoms with Gasteiger partial charge in [0.25, 0.3) is 0 Å². The van der Waals surface area contributed by atoms with Gasteiger partial charge in [0.2, 0.25) is 0 Å². The van der Waals surface area contributed by atoms with Gasteiger partial charge < -0.3 is 5.11 Å². The van der Waals surface area contributed by atoms with Crippen LogP contribution in [0.2, 0.25) is 0 Å². The molecule has 47 heavy (non-hydrogen) atoms. The summed E-state index contributed by atoms with van der Waals surface area (Å²) in [6.07, 6.45) is 6.38. The number of carbonyl (C=O) groups is 1. The number of ketones is 1. The number of hydrogen-bond acceptors (Lipinski definition) is 7. The molecule has 5 rings (SSSR count). The number of nitrogens with zero attached hydrogens (tertiary/aromatic N) is 2. The van der Waals surface area contributed by atoms with Gasteiger partial charge in [0.05, 0.1) is 5.69 Å². The molecule has 0 aliphatic rings. The average molecular weight is 864 g/mol. The van der Waals surface area contributed by atoms with Gasteiger partial charge >= 0.3 is 0 Å². The first-order valence-corrected chi connectivity index (χ1v) is 18.3. The molecular weight excluding hydrogens is 817 g/mol. The molecule has 0 saturated heterocycles. The van der Waals surface area contributed by atoms with Crippen LogP contribution in [0.3, 0.4) is 0 Å². The van der Waals surface area contributed by atoms with Gasteiger partial charge in [0, 0.05) is 57.9 Å². The zero-order chi connectivity index (χ0) is 33.9. The molecule has 0 bridgehead atoms. The van der Waals surface area contributed by atoms with Crippen LogP contribution in [0.25, 0.3) is 42.7 Å². The molecule has 4 nitrogen and oxygen atoms in total. The monoisotopic (exact) mass is 864 g/mol. The van der Waals surface area contributed by atoms with Gasteiger partial charge in [-0.1, -0.05) is 85.6 Å². The number of thiol groups is 1. The van der Waals surface area contributed by atoms with Crippen molar-refractivity contribution in [3.8, 4) is 22.5 Å². The third-order valence-electron chi connectivity index (χ3n) is 9.69. The molecule has 0 atom stereocenters. The number of benzene rings is 2. The van der Waals surface area contributed by atoms with E-state index >= 15 is 0 Å². The van der Waals surface area contributed by atoms with E-state index in [4.69, 9.17) is 12.6 Å². The van der Waals surface area contributed by atoms with E-state index in [1.165, 1.54) is 26.4 Å². The molecule has 0 unspecified atom stereocenters. The Bertz CT molecular complexity index is 1860. The third kappa shape index (κ3) is 8.45. The largest absolute Gasteiger partial charge is 0.512 e. The van der Waals surface area contributed by atoms with Gasteiger partial charge in [-0.15, -0.1) is 47.6 Å². The van der Waals surface area contributed by atoms with E-state index in [0.29, 0.717) is 0 Å². The summed E-state index contributed by atoms with van der Waals surface area (Å²) in [7, 11) is 0. The quantitative estimate of drug-likeness (QED) is 0.0671. The molecular formula is C39H47IrN2O2S3-. The number of fused-ring (bicyclic) bond motifs is 2. The number of hydrogen-bond donors (Lipinski definition) is 2. The minimum Gasteiger partial charge on any atom is -0.512 e. The minimum absolute atomic E-state index is 0. The summed E-state index contributed by atoms with van der Waals surface area (Å²) >= 11 is 8.37.